The number of carbonyl (C=O) groups excluding carboxylic acids is 1. The maximum atomic E-state index is 12.9. The van der Waals surface area contributed by atoms with Crippen LogP contribution < -0.4 is 9.88 Å². The molecular formula is C16H20N2O6S. The van der Waals surface area contributed by atoms with Crippen LogP contribution in [0.2, 0.25) is 0 Å². The second-order valence-corrected chi connectivity index (χ2v) is 8.20. The number of primary sulfonamides is 1. The molecule has 1 heterocycles. The number of likely N-dealkylation sites (tertiary alicyclic amines) is 1. The Morgan fingerprint density at radius 3 is 2.68 bits per heavy atom. The van der Waals surface area contributed by atoms with Gasteiger partial charge in [-0.15, -0.1) is 0 Å². The highest BCUT2D eigenvalue weighted by Crippen LogP contribution is 2.49. The number of carboxylic acids is 1. The molecule has 0 radical (unpaired) electrons. The van der Waals surface area contributed by atoms with Crippen molar-refractivity contribution in [2.24, 2.45) is 16.5 Å². The quantitative estimate of drug-likeness (QED) is 0.804. The summed E-state index contributed by atoms with van der Waals surface area (Å²) in [6, 6.07) is 3.82. The summed E-state index contributed by atoms with van der Waals surface area (Å²) in [5.41, 5.74) is -0.838. The fourth-order valence-corrected chi connectivity index (χ4v) is 4.53. The molecule has 1 saturated carbocycles. The van der Waals surface area contributed by atoms with Crippen molar-refractivity contribution in [1.82, 2.24) is 4.90 Å². The highest BCUT2D eigenvalue weighted by Gasteiger charge is 2.56. The molecule has 1 aliphatic heterocycles. The molecule has 9 heteroatoms. The number of benzene rings is 1. The SMILES string of the molecule is COc1ccc(S(N)(=O)=O)cc1C(=O)N1C[C@@H]2CCC[C@@]2(C(=O)O)C1. The molecule has 0 bridgehead atoms. The van der Waals surface area contributed by atoms with Gasteiger partial charge in [0, 0.05) is 13.1 Å². The van der Waals surface area contributed by atoms with Crippen LogP contribution in [-0.2, 0) is 14.8 Å². The molecule has 0 aromatic heterocycles. The molecule has 1 saturated heterocycles. The predicted molar refractivity (Wildman–Crippen MR) is 87.7 cm³/mol. The van der Waals surface area contributed by atoms with E-state index in [1.807, 2.05) is 0 Å². The number of nitrogens with two attached hydrogens (primary N) is 1. The number of carboxylic acid groups (broad SMARTS) is 1. The molecule has 1 amide bonds. The van der Waals surface area contributed by atoms with Crippen molar-refractivity contribution in [2.45, 2.75) is 24.2 Å². The molecule has 1 aromatic rings. The lowest BCUT2D eigenvalue weighted by molar-refractivity contribution is -0.149. The van der Waals surface area contributed by atoms with Gasteiger partial charge in [0.05, 0.1) is 23.0 Å². The third-order valence-corrected chi connectivity index (χ3v) is 6.22. The zero-order valence-electron chi connectivity index (χ0n) is 13.8. The lowest BCUT2D eigenvalue weighted by Gasteiger charge is -2.23. The van der Waals surface area contributed by atoms with Crippen molar-refractivity contribution in [3.63, 3.8) is 0 Å². The fraction of sp³-hybridized carbons (Fsp3) is 0.500. The second kappa shape index (κ2) is 5.99. The Labute approximate surface area is 145 Å². The van der Waals surface area contributed by atoms with E-state index in [9.17, 15) is 23.1 Å². The van der Waals surface area contributed by atoms with E-state index in [1.165, 1.54) is 30.2 Å². The van der Waals surface area contributed by atoms with Crippen molar-refractivity contribution in [3.05, 3.63) is 23.8 Å². The maximum Gasteiger partial charge on any atom is 0.311 e. The summed E-state index contributed by atoms with van der Waals surface area (Å²) < 4.78 is 28.3. The van der Waals surface area contributed by atoms with Crippen LogP contribution in [0.4, 0.5) is 0 Å². The first-order valence-corrected chi connectivity index (χ1v) is 9.47. The first kappa shape index (κ1) is 17.7. The summed E-state index contributed by atoms with van der Waals surface area (Å²) in [5.74, 6) is -1.19. The molecule has 8 nitrogen and oxygen atoms in total. The number of rotatable bonds is 4. The van der Waals surface area contributed by atoms with Crippen LogP contribution in [0.1, 0.15) is 29.6 Å². The molecule has 2 aliphatic rings. The van der Waals surface area contributed by atoms with Crippen LogP contribution in [0.15, 0.2) is 23.1 Å². The van der Waals surface area contributed by atoms with Crippen LogP contribution in [0.3, 0.4) is 0 Å². The first-order chi connectivity index (χ1) is 11.7. The van der Waals surface area contributed by atoms with Gasteiger partial charge in [0.25, 0.3) is 5.91 Å². The molecule has 2 fully saturated rings. The number of carbonyl (C=O) groups is 2. The van der Waals surface area contributed by atoms with Gasteiger partial charge in [0.15, 0.2) is 0 Å². The Morgan fingerprint density at radius 2 is 2.12 bits per heavy atom. The van der Waals surface area contributed by atoms with Crippen molar-refractivity contribution < 1.29 is 27.9 Å². The standard InChI is InChI=1S/C16H20N2O6S/c1-24-13-5-4-11(25(17,22)23)7-12(13)14(19)18-8-10-3-2-6-16(10,9-18)15(20)21/h4-5,7,10H,2-3,6,8-9H2,1H3,(H,20,21)(H2,17,22,23)/t10-,16+/m0/s1. The van der Waals surface area contributed by atoms with Gasteiger partial charge in [0.1, 0.15) is 5.75 Å². The van der Waals surface area contributed by atoms with Crippen molar-refractivity contribution >= 4 is 21.9 Å². The van der Waals surface area contributed by atoms with Gasteiger partial charge in [0.2, 0.25) is 10.0 Å². The highest BCUT2D eigenvalue weighted by molar-refractivity contribution is 7.89. The summed E-state index contributed by atoms with van der Waals surface area (Å²) in [7, 11) is -2.59. The smallest absolute Gasteiger partial charge is 0.311 e. The van der Waals surface area contributed by atoms with Gasteiger partial charge in [-0.05, 0) is 37.0 Å². The summed E-state index contributed by atoms with van der Waals surface area (Å²) in [6.07, 6.45) is 2.15. The van der Waals surface area contributed by atoms with Crippen molar-refractivity contribution in [1.29, 1.82) is 0 Å². The number of fused-ring (bicyclic) bond motifs is 1. The minimum atomic E-state index is -3.97. The van der Waals surface area contributed by atoms with Crippen LogP contribution in [0.25, 0.3) is 0 Å². The minimum absolute atomic E-state index is 0.0644. The zero-order chi connectivity index (χ0) is 18.4. The molecule has 25 heavy (non-hydrogen) atoms. The number of sulfonamides is 1. The number of hydrogen-bond donors (Lipinski definition) is 2. The average Bonchev–Trinajstić information content (AvgIpc) is 3.10. The molecule has 1 aromatic carbocycles. The van der Waals surface area contributed by atoms with E-state index in [-0.39, 0.29) is 28.7 Å². The van der Waals surface area contributed by atoms with Crippen LogP contribution >= 0.6 is 0 Å². The third kappa shape index (κ3) is 2.87. The number of nitrogens with zero attached hydrogens (tertiary/aromatic N) is 1. The molecular weight excluding hydrogens is 348 g/mol. The van der Waals surface area contributed by atoms with E-state index in [2.05, 4.69) is 0 Å². The lowest BCUT2D eigenvalue weighted by Crippen LogP contribution is -2.37. The molecule has 3 rings (SSSR count). The summed E-state index contributed by atoms with van der Waals surface area (Å²) in [4.78, 5) is 26.0. The number of amides is 1. The molecule has 1 aliphatic carbocycles. The van der Waals surface area contributed by atoms with Crippen molar-refractivity contribution in [3.8, 4) is 5.75 Å². The monoisotopic (exact) mass is 368 g/mol. The topological polar surface area (TPSA) is 127 Å². The Morgan fingerprint density at radius 1 is 1.40 bits per heavy atom. The van der Waals surface area contributed by atoms with E-state index in [4.69, 9.17) is 9.88 Å². The molecule has 0 unspecified atom stereocenters. The second-order valence-electron chi connectivity index (χ2n) is 6.64. The van der Waals surface area contributed by atoms with Gasteiger partial charge in [-0.1, -0.05) is 6.42 Å². The van der Waals surface area contributed by atoms with Gasteiger partial charge in [-0.25, -0.2) is 13.6 Å². The predicted octanol–water partition coefficient (Wildman–Crippen LogP) is 0.669. The van der Waals surface area contributed by atoms with E-state index in [1.54, 1.807) is 0 Å². The van der Waals surface area contributed by atoms with E-state index in [0.29, 0.717) is 13.0 Å². The number of ether oxygens (including phenoxy) is 1. The van der Waals surface area contributed by atoms with Crippen molar-refractivity contribution in [2.75, 3.05) is 20.2 Å². The molecule has 0 spiro atoms. The van der Waals surface area contributed by atoms with Gasteiger partial charge in [-0.3, -0.25) is 9.59 Å². The normalized spacial score (nSPS) is 25.7. The number of methoxy groups -OCH3 is 1. The Kier molecular flexibility index (Phi) is 4.24. The fourth-order valence-electron chi connectivity index (χ4n) is 4.00. The summed E-state index contributed by atoms with van der Waals surface area (Å²) >= 11 is 0. The molecule has 3 N–H and O–H groups in total. The highest BCUT2D eigenvalue weighted by atomic mass is 32.2. The molecule has 136 valence electrons. The Balaban J connectivity index is 1.95. The maximum absolute atomic E-state index is 12.9. The Bertz CT molecular complexity index is 837. The zero-order valence-corrected chi connectivity index (χ0v) is 14.6. The number of aliphatic carboxylic acids is 1. The van der Waals surface area contributed by atoms with E-state index in [0.717, 1.165) is 12.8 Å². The first-order valence-electron chi connectivity index (χ1n) is 7.92. The Hall–Kier alpha value is -2.13. The third-order valence-electron chi connectivity index (χ3n) is 5.31. The largest absolute Gasteiger partial charge is 0.496 e. The van der Waals surface area contributed by atoms with Gasteiger partial charge >= 0.3 is 5.97 Å². The molecule has 2 atom stereocenters. The van der Waals surface area contributed by atoms with E-state index < -0.39 is 27.3 Å². The summed E-state index contributed by atoms with van der Waals surface area (Å²) in [6.45, 7) is 0.461. The van der Waals surface area contributed by atoms with Crippen LogP contribution in [0.5, 0.6) is 5.75 Å². The number of hydrogen-bond acceptors (Lipinski definition) is 5. The summed E-state index contributed by atoms with van der Waals surface area (Å²) in [5, 5.41) is 14.8. The minimum Gasteiger partial charge on any atom is -0.496 e. The van der Waals surface area contributed by atoms with Gasteiger partial charge in [-0.2, -0.15) is 0 Å². The van der Waals surface area contributed by atoms with Gasteiger partial charge < -0.3 is 14.7 Å². The average molecular weight is 368 g/mol. The van der Waals surface area contributed by atoms with Crippen LogP contribution in [0, 0.1) is 11.3 Å². The van der Waals surface area contributed by atoms with E-state index >= 15 is 0 Å². The van der Waals surface area contributed by atoms with Crippen LogP contribution in [-0.4, -0.2) is 50.5 Å². The lowest BCUT2D eigenvalue weighted by atomic mass is 9.81.